The average Bonchev–Trinajstić information content (AvgIpc) is 3.09. The number of unbranched alkanes of at least 4 members (excludes halogenated alkanes) is 16. The fourth-order valence-electron chi connectivity index (χ4n) is 5.03. The van der Waals surface area contributed by atoms with Crippen molar-refractivity contribution >= 4 is 17.9 Å². The smallest absolute Gasteiger partial charge is 0.320 e. The van der Waals surface area contributed by atoms with Crippen LogP contribution in [0, 0.1) is 0 Å². The van der Waals surface area contributed by atoms with Crippen LogP contribution in [-0.2, 0) is 28.6 Å². The van der Waals surface area contributed by atoms with Gasteiger partial charge in [-0.2, -0.15) is 0 Å². The topological polar surface area (TPSA) is 105 Å². The second kappa shape index (κ2) is 37.2. The van der Waals surface area contributed by atoms with E-state index in [1.54, 1.807) is 0 Å². The van der Waals surface area contributed by atoms with Crippen LogP contribution in [0.25, 0.3) is 0 Å². The molecule has 0 spiro atoms. The molecule has 1 unspecified atom stereocenters. The normalized spacial score (nSPS) is 12.5. The molecular weight excluding hydrogens is 602 g/mol. The van der Waals surface area contributed by atoms with Crippen LogP contribution < -0.4 is 5.73 Å². The summed E-state index contributed by atoms with van der Waals surface area (Å²) in [5.74, 6) is -1.31. The second-order valence-corrected chi connectivity index (χ2v) is 12.6. The van der Waals surface area contributed by atoms with E-state index in [-0.39, 0.29) is 31.7 Å². The van der Waals surface area contributed by atoms with E-state index in [0.717, 1.165) is 89.9 Å². The van der Waals surface area contributed by atoms with Gasteiger partial charge in [-0.15, -0.1) is 0 Å². The van der Waals surface area contributed by atoms with Gasteiger partial charge in [0.15, 0.2) is 6.10 Å². The summed E-state index contributed by atoms with van der Waals surface area (Å²) in [6.07, 6.45) is 42.4. The molecule has 0 saturated heterocycles. The summed E-state index contributed by atoms with van der Waals surface area (Å²) in [6, 6.07) is 0. The van der Waals surface area contributed by atoms with E-state index in [1.165, 1.54) is 51.4 Å². The molecule has 0 fully saturated rings. The Morgan fingerprint density at radius 2 is 0.833 bits per heavy atom. The Kier molecular flexibility index (Phi) is 35.1. The lowest BCUT2D eigenvalue weighted by Gasteiger charge is -2.17. The Labute approximate surface area is 294 Å². The molecule has 0 rings (SSSR count). The van der Waals surface area contributed by atoms with Crippen LogP contribution in [0.5, 0.6) is 0 Å². The first-order chi connectivity index (χ1) is 23.5. The van der Waals surface area contributed by atoms with E-state index in [4.69, 9.17) is 19.9 Å². The molecule has 0 saturated carbocycles. The Hall–Kier alpha value is -2.67. The first-order valence-electron chi connectivity index (χ1n) is 19.3. The lowest BCUT2D eigenvalue weighted by atomic mass is 10.1. The Bertz CT molecular complexity index is 816. The molecule has 0 aliphatic carbocycles. The lowest BCUT2D eigenvalue weighted by Crippen LogP contribution is -2.33. The van der Waals surface area contributed by atoms with Crippen LogP contribution in [-0.4, -0.2) is 43.8 Å². The van der Waals surface area contributed by atoms with Crippen molar-refractivity contribution in [2.75, 3.05) is 19.8 Å². The number of carbonyl (C=O) groups is 3. The Morgan fingerprint density at radius 1 is 0.479 bits per heavy atom. The highest BCUT2D eigenvalue weighted by Crippen LogP contribution is 2.11. The van der Waals surface area contributed by atoms with Crippen molar-refractivity contribution < 1.29 is 28.6 Å². The van der Waals surface area contributed by atoms with E-state index in [0.29, 0.717) is 12.8 Å². The third-order valence-corrected chi connectivity index (χ3v) is 7.99. The zero-order chi connectivity index (χ0) is 35.2. The number of esters is 3. The number of hydrogen-bond acceptors (Lipinski definition) is 7. The molecule has 7 heteroatoms. The SMILES string of the molecule is CCCCCC=CCC=CCCCCCCCC(=O)OCC(COC(=O)CCCCCCC/C=C\C/C=C\CCCCC)OC(=O)CN. The molecule has 48 heavy (non-hydrogen) atoms. The van der Waals surface area contributed by atoms with Crippen molar-refractivity contribution in [3.8, 4) is 0 Å². The number of carbonyl (C=O) groups excluding carboxylic acids is 3. The fourth-order valence-corrected chi connectivity index (χ4v) is 5.03. The van der Waals surface area contributed by atoms with Crippen molar-refractivity contribution in [2.24, 2.45) is 5.73 Å². The van der Waals surface area contributed by atoms with E-state index in [2.05, 4.69) is 62.5 Å². The maximum atomic E-state index is 12.2. The lowest BCUT2D eigenvalue weighted by molar-refractivity contribution is -0.165. The van der Waals surface area contributed by atoms with Crippen LogP contribution in [0.1, 0.15) is 168 Å². The number of nitrogens with two attached hydrogens (primary N) is 1. The molecule has 1 atom stereocenters. The molecule has 0 aromatic carbocycles. The van der Waals surface area contributed by atoms with Gasteiger partial charge in [-0.25, -0.2) is 0 Å². The van der Waals surface area contributed by atoms with Crippen LogP contribution in [0.2, 0.25) is 0 Å². The third-order valence-electron chi connectivity index (χ3n) is 7.99. The van der Waals surface area contributed by atoms with Crippen molar-refractivity contribution in [3.05, 3.63) is 48.6 Å². The van der Waals surface area contributed by atoms with E-state index >= 15 is 0 Å². The first-order valence-corrected chi connectivity index (χ1v) is 19.3. The van der Waals surface area contributed by atoms with Crippen molar-refractivity contribution in [1.82, 2.24) is 0 Å². The molecule has 0 amide bonds. The summed E-state index contributed by atoms with van der Waals surface area (Å²) in [6.45, 7) is 3.86. The monoisotopic (exact) mass is 674 g/mol. The van der Waals surface area contributed by atoms with Crippen molar-refractivity contribution in [3.63, 3.8) is 0 Å². The van der Waals surface area contributed by atoms with Gasteiger partial charge in [0.1, 0.15) is 13.2 Å². The van der Waals surface area contributed by atoms with Gasteiger partial charge in [-0.05, 0) is 77.0 Å². The van der Waals surface area contributed by atoms with Gasteiger partial charge >= 0.3 is 17.9 Å². The van der Waals surface area contributed by atoms with E-state index < -0.39 is 12.1 Å². The number of rotatable bonds is 34. The second-order valence-electron chi connectivity index (χ2n) is 12.6. The average molecular weight is 674 g/mol. The van der Waals surface area contributed by atoms with Crippen LogP contribution in [0.4, 0.5) is 0 Å². The zero-order valence-corrected chi connectivity index (χ0v) is 30.8. The Balaban J connectivity index is 3.92. The number of hydrogen-bond donors (Lipinski definition) is 1. The summed E-state index contributed by atoms with van der Waals surface area (Å²) < 4.78 is 15.9. The summed E-state index contributed by atoms with van der Waals surface area (Å²) in [5.41, 5.74) is 5.37. The molecule has 0 aliphatic rings. The van der Waals surface area contributed by atoms with Crippen LogP contribution >= 0.6 is 0 Å². The van der Waals surface area contributed by atoms with E-state index in [1.807, 2.05) is 0 Å². The van der Waals surface area contributed by atoms with Gasteiger partial charge in [0.2, 0.25) is 0 Å². The third kappa shape index (κ3) is 34.7. The van der Waals surface area contributed by atoms with Gasteiger partial charge < -0.3 is 19.9 Å². The molecule has 0 heterocycles. The maximum absolute atomic E-state index is 12.2. The van der Waals surface area contributed by atoms with Crippen molar-refractivity contribution in [1.29, 1.82) is 0 Å². The number of allylic oxidation sites excluding steroid dienone is 8. The van der Waals surface area contributed by atoms with Crippen LogP contribution in [0.3, 0.4) is 0 Å². The van der Waals surface area contributed by atoms with Gasteiger partial charge in [-0.1, -0.05) is 127 Å². The van der Waals surface area contributed by atoms with Gasteiger partial charge in [0, 0.05) is 12.8 Å². The first kappa shape index (κ1) is 45.3. The standard InChI is InChI=1S/C41H71NO6/c1-3-5-7-9-11-13-15-17-19-21-23-25-27-29-31-33-39(43)46-36-38(48-41(45)35-42)37-47-40(44)34-32-30-28-26-24-22-20-18-16-14-12-10-8-6-4-2/h11-14,17-20,38H,3-10,15-16,21-37,42H2,1-2H3/b13-11-,14-12?,19-17-,20-18?. The molecular formula is C41H71NO6. The molecule has 0 aliphatic heterocycles. The summed E-state index contributed by atoms with van der Waals surface area (Å²) in [7, 11) is 0. The molecule has 0 aromatic heterocycles. The molecule has 276 valence electrons. The predicted octanol–water partition coefficient (Wildman–Crippen LogP) is 10.6. The minimum absolute atomic E-state index is 0.151. The summed E-state index contributed by atoms with van der Waals surface area (Å²) in [4.78, 5) is 36.2. The maximum Gasteiger partial charge on any atom is 0.320 e. The fraction of sp³-hybridized carbons (Fsp3) is 0.732. The van der Waals surface area contributed by atoms with Gasteiger partial charge in [0.25, 0.3) is 0 Å². The van der Waals surface area contributed by atoms with E-state index in [9.17, 15) is 14.4 Å². The minimum Gasteiger partial charge on any atom is -0.462 e. The van der Waals surface area contributed by atoms with Gasteiger partial charge in [-0.3, -0.25) is 14.4 Å². The highest BCUT2D eigenvalue weighted by atomic mass is 16.6. The summed E-state index contributed by atoms with van der Waals surface area (Å²) >= 11 is 0. The highest BCUT2D eigenvalue weighted by Gasteiger charge is 2.19. The quantitative estimate of drug-likeness (QED) is 0.0314. The molecule has 7 nitrogen and oxygen atoms in total. The number of ether oxygens (including phenoxy) is 3. The molecule has 0 aromatic rings. The molecule has 0 radical (unpaired) electrons. The van der Waals surface area contributed by atoms with Crippen molar-refractivity contribution in [2.45, 2.75) is 174 Å². The molecule has 2 N–H and O–H groups in total. The molecule has 0 bridgehead atoms. The van der Waals surface area contributed by atoms with Crippen LogP contribution in [0.15, 0.2) is 48.6 Å². The zero-order valence-electron chi connectivity index (χ0n) is 30.8. The predicted molar refractivity (Wildman–Crippen MR) is 200 cm³/mol. The largest absolute Gasteiger partial charge is 0.462 e. The summed E-state index contributed by atoms with van der Waals surface area (Å²) in [5, 5.41) is 0. The van der Waals surface area contributed by atoms with Gasteiger partial charge in [0.05, 0.1) is 6.54 Å². The Morgan fingerprint density at radius 3 is 1.21 bits per heavy atom. The minimum atomic E-state index is -0.858. The highest BCUT2D eigenvalue weighted by molar-refractivity contribution is 5.72.